The fourth-order valence-electron chi connectivity index (χ4n) is 1.71. The Labute approximate surface area is 114 Å². The second-order valence-corrected chi connectivity index (χ2v) is 4.82. The molecule has 0 spiro atoms. The van der Waals surface area contributed by atoms with Crippen molar-refractivity contribution >= 4 is 22.2 Å². The Bertz CT molecular complexity index is 538. The van der Waals surface area contributed by atoms with Crippen LogP contribution in [0.2, 0.25) is 0 Å². The van der Waals surface area contributed by atoms with E-state index in [0.29, 0.717) is 24.5 Å². The van der Waals surface area contributed by atoms with Gasteiger partial charge in [-0.2, -0.15) is 0 Å². The number of ether oxygens (including phenoxy) is 1. The topological polar surface area (TPSA) is 44.1 Å². The Morgan fingerprint density at radius 1 is 1.50 bits per heavy atom. The van der Waals surface area contributed by atoms with Gasteiger partial charge in [0.15, 0.2) is 6.29 Å². The van der Waals surface area contributed by atoms with E-state index in [-0.39, 0.29) is 0 Å². The molecule has 5 heteroatoms. The third kappa shape index (κ3) is 2.98. The Hall–Kier alpha value is -1.62. The molecule has 0 aliphatic heterocycles. The van der Waals surface area contributed by atoms with Gasteiger partial charge in [0.1, 0.15) is 12.4 Å². The SMILES string of the molecule is Cc1cc(Br)cc(C=O)c1OCCn1ccnc1. The number of imidazole rings is 1. The first kappa shape index (κ1) is 12.8. The van der Waals surface area contributed by atoms with Crippen molar-refractivity contribution < 1.29 is 9.53 Å². The summed E-state index contributed by atoms with van der Waals surface area (Å²) in [6.45, 7) is 3.12. The zero-order valence-corrected chi connectivity index (χ0v) is 11.6. The fourth-order valence-corrected chi connectivity index (χ4v) is 2.30. The zero-order chi connectivity index (χ0) is 13.0. The lowest BCUT2D eigenvalue weighted by Crippen LogP contribution is -2.08. The number of rotatable bonds is 5. The Morgan fingerprint density at radius 2 is 2.33 bits per heavy atom. The minimum atomic E-state index is 0.500. The first-order chi connectivity index (χ1) is 8.70. The largest absolute Gasteiger partial charge is 0.491 e. The van der Waals surface area contributed by atoms with Crippen LogP contribution in [-0.2, 0) is 6.54 Å². The lowest BCUT2D eigenvalue weighted by molar-refractivity contribution is 0.111. The van der Waals surface area contributed by atoms with Gasteiger partial charge in [0, 0.05) is 16.9 Å². The molecule has 4 nitrogen and oxygen atoms in total. The molecule has 18 heavy (non-hydrogen) atoms. The van der Waals surface area contributed by atoms with E-state index in [0.717, 1.165) is 16.3 Å². The lowest BCUT2D eigenvalue weighted by Gasteiger charge is -2.12. The van der Waals surface area contributed by atoms with Crippen LogP contribution in [0.25, 0.3) is 0 Å². The number of nitrogens with zero attached hydrogens (tertiary/aromatic N) is 2. The standard InChI is InChI=1S/C13H13BrN2O2/c1-10-6-12(14)7-11(8-17)13(10)18-5-4-16-3-2-15-9-16/h2-3,6-9H,4-5H2,1H3. The molecule has 1 aromatic heterocycles. The molecule has 0 N–H and O–H groups in total. The predicted molar refractivity (Wildman–Crippen MR) is 72.0 cm³/mol. The number of halogens is 1. The highest BCUT2D eigenvalue weighted by Gasteiger charge is 2.08. The van der Waals surface area contributed by atoms with Crippen molar-refractivity contribution in [1.82, 2.24) is 9.55 Å². The number of aldehydes is 1. The maximum atomic E-state index is 11.0. The van der Waals surface area contributed by atoms with E-state index in [1.54, 1.807) is 18.6 Å². The van der Waals surface area contributed by atoms with Crippen LogP contribution in [0.1, 0.15) is 15.9 Å². The number of aryl methyl sites for hydroxylation is 1. The van der Waals surface area contributed by atoms with Crippen LogP contribution in [0.5, 0.6) is 5.75 Å². The summed E-state index contributed by atoms with van der Waals surface area (Å²) in [4.78, 5) is 15.0. The van der Waals surface area contributed by atoms with Crippen molar-refractivity contribution in [3.63, 3.8) is 0 Å². The molecule has 2 aromatic rings. The summed E-state index contributed by atoms with van der Waals surface area (Å²) >= 11 is 3.36. The summed E-state index contributed by atoms with van der Waals surface area (Å²) in [7, 11) is 0. The predicted octanol–water partition coefficient (Wildman–Crippen LogP) is 2.85. The third-order valence-corrected chi connectivity index (χ3v) is 3.01. The van der Waals surface area contributed by atoms with Gasteiger partial charge in [-0.1, -0.05) is 15.9 Å². The highest BCUT2D eigenvalue weighted by atomic mass is 79.9. The normalized spacial score (nSPS) is 10.3. The third-order valence-electron chi connectivity index (χ3n) is 2.55. The average Bonchev–Trinajstić information content (AvgIpc) is 2.84. The maximum absolute atomic E-state index is 11.0. The Kier molecular flexibility index (Phi) is 4.15. The molecule has 0 saturated heterocycles. The molecule has 0 radical (unpaired) electrons. The van der Waals surface area contributed by atoms with E-state index in [2.05, 4.69) is 20.9 Å². The average molecular weight is 309 g/mol. The molecule has 0 aliphatic carbocycles. The monoisotopic (exact) mass is 308 g/mol. The van der Waals surface area contributed by atoms with Gasteiger partial charge >= 0.3 is 0 Å². The molecule has 0 fully saturated rings. The molecule has 0 atom stereocenters. The van der Waals surface area contributed by atoms with Crippen LogP contribution in [0.4, 0.5) is 0 Å². The first-order valence-corrected chi connectivity index (χ1v) is 6.34. The molecular weight excluding hydrogens is 296 g/mol. The van der Waals surface area contributed by atoms with Crippen LogP contribution in [-0.4, -0.2) is 22.4 Å². The molecule has 0 aliphatic rings. The molecule has 94 valence electrons. The van der Waals surface area contributed by atoms with Crippen LogP contribution in [0.15, 0.2) is 35.3 Å². The van der Waals surface area contributed by atoms with Crippen molar-refractivity contribution in [3.8, 4) is 5.75 Å². The van der Waals surface area contributed by atoms with E-state index in [1.807, 2.05) is 23.8 Å². The first-order valence-electron chi connectivity index (χ1n) is 5.54. The van der Waals surface area contributed by atoms with Crippen LogP contribution >= 0.6 is 15.9 Å². The van der Waals surface area contributed by atoms with Crippen LogP contribution < -0.4 is 4.74 Å². The molecular formula is C13H13BrN2O2. The molecule has 2 rings (SSSR count). The van der Waals surface area contributed by atoms with E-state index in [9.17, 15) is 4.79 Å². The molecule has 0 saturated carbocycles. The minimum absolute atomic E-state index is 0.500. The second kappa shape index (κ2) is 5.82. The van der Waals surface area contributed by atoms with Gasteiger partial charge in [0.05, 0.1) is 18.4 Å². The van der Waals surface area contributed by atoms with Crippen molar-refractivity contribution in [2.75, 3.05) is 6.61 Å². The zero-order valence-electron chi connectivity index (χ0n) is 9.97. The summed E-state index contributed by atoms with van der Waals surface area (Å²) in [5.41, 5.74) is 1.50. The lowest BCUT2D eigenvalue weighted by atomic mass is 10.1. The van der Waals surface area contributed by atoms with Gasteiger partial charge in [-0.15, -0.1) is 0 Å². The van der Waals surface area contributed by atoms with Crippen molar-refractivity contribution in [1.29, 1.82) is 0 Å². The number of hydrogen-bond acceptors (Lipinski definition) is 3. The van der Waals surface area contributed by atoms with Gasteiger partial charge in [0.2, 0.25) is 0 Å². The Morgan fingerprint density at radius 3 is 3.00 bits per heavy atom. The molecule has 1 heterocycles. The quantitative estimate of drug-likeness (QED) is 0.798. The van der Waals surface area contributed by atoms with Crippen molar-refractivity contribution in [3.05, 3.63) is 46.5 Å². The molecule has 1 aromatic carbocycles. The molecule has 0 amide bonds. The maximum Gasteiger partial charge on any atom is 0.153 e. The number of carbonyl (C=O) groups is 1. The summed E-state index contributed by atoms with van der Waals surface area (Å²) in [5, 5.41) is 0. The number of benzene rings is 1. The van der Waals surface area contributed by atoms with Gasteiger partial charge in [-0.25, -0.2) is 4.98 Å². The second-order valence-electron chi connectivity index (χ2n) is 3.91. The van der Waals surface area contributed by atoms with Crippen molar-refractivity contribution in [2.24, 2.45) is 0 Å². The minimum Gasteiger partial charge on any atom is -0.491 e. The number of carbonyl (C=O) groups excluding carboxylic acids is 1. The van der Waals surface area contributed by atoms with Gasteiger partial charge in [0.25, 0.3) is 0 Å². The van der Waals surface area contributed by atoms with E-state index >= 15 is 0 Å². The summed E-state index contributed by atoms with van der Waals surface area (Å²) < 4.78 is 8.49. The summed E-state index contributed by atoms with van der Waals surface area (Å²) in [5.74, 6) is 0.647. The van der Waals surface area contributed by atoms with E-state index in [4.69, 9.17) is 4.74 Å². The number of hydrogen-bond donors (Lipinski definition) is 0. The highest BCUT2D eigenvalue weighted by Crippen LogP contribution is 2.26. The fraction of sp³-hybridized carbons (Fsp3) is 0.231. The summed E-state index contributed by atoms with van der Waals surface area (Å²) in [6.07, 6.45) is 6.14. The number of aromatic nitrogens is 2. The molecule has 0 bridgehead atoms. The van der Waals surface area contributed by atoms with Crippen molar-refractivity contribution in [2.45, 2.75) is 13.5 Å². The van der Waals surface area contributed by atoms with Gasteiger partial charge in [-0.3, -0.25) is 4.79 Å². The smallest absolute Gasteiger partial charge is 0.153 e. The Balaban J connectivity index is 2.06. The van der Waals surface area contributed by atoms with E-state index < -0.39 is 0 Å². The van der Waals surface area contributed by atoms with Crippen LogP contribution in [0, 0.1) is 6.92 Å². The summed E-state index contributed by atoms with van der Waals surface area (Å²) in [6, 6.07) is 3.69. The molecule has 0 unspecified atom stereocenters. The van der Waals surface area contributed by atoms with Gasteiger partial charge < -0.3 is 9.30 Å². The van der Waals surface area contributed by atoms with E-state index in [1.165, 1.54) is 0 Å². The van der Waals surface area contributed by atoms with Gasteiger partial charge in [-0.05, 0) is 24.6 Å². The highest BCUT2D eigenvalue weighted by molar-refractivity contribution is 9.10. The van der Waals surface area contributed by atoms with Crippen LogP contribution in [0.3, 0.4) is 0 Å².